The van der Waals surface area contributed by atoms with Crippen LogP contribution in [0.5, 0.6) is 0 Å². The first-order chi connectivity index (χ1) is 13.7. The molecule has 0 unspecified atom stereocenters. The number of hydrogen-bond donors (Lipinski definition) is 1. The number of benzene rings is 2. The van der Waals surface area contributed by atoms with Crippen LogP contribution in [0, 0.1) is 0 Å². The molecule has 148 valence electrons. The number of aromatic carboxylic acids is 1. The lowest BCUT2D eigenvalue weighted by molar-refractivity contribution is 0.0519. The van der Waals surface area contributed by atoms with Gasteiger partial charge in [0, 0.05) is 11.1 Å². The van der Waals surface area contributed by atoms with Crippen molar-refractivity contribution in [1.82, 2.24) is 14.8 Å². The fourth-order valence-corrected chi connectivity index (χ4v) is 2.88. The van der Waals surface area contributed by atoms with Crippen molar-refractivity contribution in [2.75, 3.05) is 0 Å². The molecule has 0 fully saturated rings. The molecule has 1 heterocycles. The van der Waals surface area contributed by atoms with E-state index in [1.54, 1.807) is 26.0 Å². The highest BCUT2D eigenvalue weighted by Gasteiger charge is 2.27. The highest BCUT2D eigenvalue weighted by molar-refractivity contribution is 5.94. The van der Waals surface area contributed by atoms with Crippen LogP contribution >= 0.6 is 0 Å². The van der Waals surface area contributed by atoms with Crippen molar-refractivity contribution >= 4 is 11.5 Å². The number of aromatic nitrogens is 3. The molecule has 0 saturated carbocycles. The molecule has 0 bridgehead atoms. The first kappa shape index (κ1) is 20.1. The SMILES string of the molecule is C=C(C)c1cc(-c2ncn(-c3ccc(C(F)(F)/C=C/C)cc3)n2)ccc1C(=O)O. The first-order valence-electron chi connectivity index (χ1n) is 8.81. The third-order valence-corrected chi connectivity index (χ3v) is 4.35. The smallest absolute Gasteiger partial charge is 0.336 e. The number of rotatable bonds is 6. The number of carboxylic acid groups (broad SMARTS) is 1. The van der Waals surface area contributed by atoms with E-state index in [2.05, 4.69) is 16.7 Å². The van der Waals surface area contributed by atoms with Gasteiger partial charge in [-0.15, -0.1) is 5.10 Å². The molecule has 0 aliphatic carbocycles. The highest BCUT2D eigenvalue weighted by Crippen LogP contribution is 2.30. The van der Waals surface area contributed by atoms with Crippen LogP contribution in [0.15, 0.2) is 67.5 Å². The van der Waals surface area contributed by atoms with Crippen LogP contribution in [-0.4, -0.2) is 25.8 Å². The van der Waals surface area contributed by atoms with Crippen LogP contribution in [0.3, 0.4) is 0 Å². The van der Waals surface area contributed by atoms with E-state index in [0.717, 1.165) is 6.08 Å². The summed E-state index contributed by atoms with van der Waals surface area (Å²) in [7, 11) is 0. The molecule has 7 heteroatoms. The summed E-state index contributed by atoms with van der Waals surface area (Å²) in [5.74, 6) is -3.69. The quantitative estimate of drug-likeness (QED) is 0.573. The predicted molar refractivity (Wildman–Crippen MR) is 107 cm³/mol. The zero-order valence-electron chi connectivity index (χ0n) is 15.9. The maximum Gasteiger partial charge on any atom is 0.336 e. The molecule has 0 saturated heterocycles. The van der Waals surface area contributed by atoms with E-state index in [1.807, 2.05) is 0 Å². The van der Waals surface area contributed by atoms with Crippen molar-refractivity contribution in [1.29, 1.82) is 0 Å². The minimum Gasteiger partial charge on any atom is -0.478 e. The monoisotopic (exact) mass is 395 g/mol. The largest absolute Gasteiger partial charge is 0.478 e. The number of carbonyl (C=O) groups is 1. The molecule has 0 aliphatic heterocycles. The fraction of sp³-hybridized carbons (Fsp3) is 0.136. The standard InChI is InChI=1S/C22H19F2N3O2/c1-4-11-22(23,24)16-6-8-17(9-7-16)27-13-25-20(26-27)15-5-10-18(21(28)29)19(12-15)14(2)3/h4-13H,2H2,1,3H3,(H,28,29)/b11-4+. The van der Waals surface area contributed by atoms with E-state index < -0.39 is 11.9 Å². The lowest BCUT2D eigenvalue weighted by Crippen LogP contribution is -2.09. The van der Waals surface area contributed by atoms with Gasteiger partial charge in [0.15, 0.2) is 5.82 Å². The Balaban J connectivity index is 1.93. The highest BCUT2D eigenvalue weighted by atomic mass is 19.3. The zero-order chi connectivity index (χ0) is 21.2. The van der Waals surface area contributed by atoms with Crippen molar-refractivity contribution in [3.05, 3.63) is 84.2 Å². The summed E-state index contributed by atoms with van der Waals surface area (Å²) in [6.07, 6.45) is 3.63. The zero-order valence-corrected chi connectivity index (χ0v) is 15.9. The van der Waals surface area contributed by atoms with E-state index in [0.29, 0.717) is 28.2 Å². The molecule has 0 atom stereocenters. The van der Waals surface area contributed by atoms with E-state index in [4.69, 9.17) is 0 Å². The molecular formula is C22H19F2N3O2. The van der Waals surface area contributed by atoms with Gasteiger partial charge >= 0.3 is 5.97 Å². The molecule has 3 aromatic rings. The maximum absolute atomic E-state index is 13.9. The van der Waals surface area contributed by atoms with Crippen LogP contribution in [0.4, 0.5) is 8.78 Å². The molecule has 29 heavy (non-hydrogen) atoms. The number of alkyl halides is 2. The topological polar surface area (TPSA) is 68.0 Å². The third-order valence-electron chi connectivity index (χ3n) is 4.35. The summed E-state index contributed by atoms with van der Waals surface area (Å²) in [6.45, 7) is 7.09. The summed E-state index contributed by atoms with van der Waals surface area (Å²) in [4.78, 5) is 15.6. The number of nitrogens with zero attached hydrogens (tertiary/aromatic N) is 3. The van der Waals surface area contributed by atoms with Crippen LogP contribution in [0.2, 0.25) is 0 Å². The van der Waals surface area contributed by atoms with E-state index >= 15 is 0 Å². The Morgan fingerprint density at radius 3 is 2.45 bits per heavy atom. The molecule has 5 nitrogen and oxygen atoms in total. The summed E-state index contributed by atoms with van der Waals surface area (Å²) in [5, 5.41) is 13.7. The van der Waals surface area contributed by atoms with Crippen molar-refractivity contribution in [2.45, 2.75) is 19.8 Å². The normalized spacial score (nSPS) is 11.7. The lowest BCUT2D eigenvalue weighted by Gasteiger charge is -2.12. The van der Waals surface area contributed by atoms with Crippen molar-refractivity contribution < 1.29 is 18.7 Å². The van der Waals surface area contributed by atoms with Crippen molar-refractivity contribution in [3.8, 4) is 17.1 Å². The Morgan fingerprint density at radius 2 is 1.86 bits per heavy atom. The average molecular weight is 395 g/mol. The van der Waals surface area contributed by atoms with Gasteiger partial charge in [-0.3, -0.25) is 0 Å². The van der Waals surface area contributed by atoms with Crippen LogP contribution < -0.4 is 0 Å². The molecule has 3 rings (SSSR count). The van der Waals surface area contributed by atoms with Gasteiger partial charge in [-0.1, -0.05) is 36.4 Å². The molecule has 0 radical (unpaired) electrons. The number of allylic oxidation sites excluding steroid dienone is 3. The third kappa shape index (κ3) is 4.13. The van der Waals surface area contributed by atoms with Gasteiger partial charge in [-0.2, -0.15) is 8.78 Å². The fourth-order valence-electron chi connectivity index (χ4n) is 2.88. The van der Waals surface area contributed by atoms with Crippen LogP contribution in [-0.2, 0) is 5.92 Å². The second-order valence-electron chi connectivity index (χ2n) is 6.53. The Labute approximate surface area is 166 Å². The van der Waals surface area contributed by atoms with E-state index in [9.17, 15) is 18.7 Å². The Morgan fingerprint density at radius 1 is 1.17 bits per heavy atom. The minimum atomic E-state index is -3.04. The van der Waals surface area contributed by atoms with Crippen molar-refractivity contribution in [2.24, 2.45) is 0 Å². The molecule has 0 spiro atoms. The summed E-state index contributed by atoms with van der Waals surface area (Å²) in [6, 6.07) is 10.5. The lowest BCUT2D eigenvalue weighted by atomic mass is 9.99. The minimum absolute atomic E-state index is 0.116. The van der Waals surface area contributed by atoms with Crippen LogP contribution in [0.1, 0.15) is 35.3 Å². The molecule has 2 aromatic carbocycles. The average Bonchev–Trinajstić information content (AvgIpc) is 3.17. The number of carboxylic acids is 1. The molecule has 1 N–H and O–H groups in total. The van der Waals surface area contributed by atoms with Gasteiger partial charge < -0.3 is 5.11 Å². The predicted octanol–water partition coefficient (Wildman–Crippen LogP) is 5.33. The van der Waals surface area contributed by atoms with Gasteiger partial charge in [-0.25, -0.2) is 14.5 Å². The Hall–Kier alpha value is -3.61. The first-order valence-corrected chi connectivity index (χ1v) is 8.81. The van der Waals surface area contributed by atoms with Crippen LogP contribution in [0.25, 0.3) is 22.6 Å². The second-order valence-corrected chi connectivity index (χ2v) is 6.53. The summed E-state index contributed by atoms with van der Waals surface area (Å²) < 4.78 is 29.3. The molecular weight excluding hydrogens is 376 g/mol. The maximum atomic E-state index is 13.9. The molecule has 1 aromatic heterocycles. The number of hydrogen-bond acceptors (Lipinski definition) is 3. The van der Waals surface area contributed by atoms with Gasteiger partial charge in [0.2, 0.25) is 0 Å². The van der Waals surface area contributed by atoms with E-state index in [-0.39, 0.29) is 11.1 Å². The van der Waals surface area contributed by atoms with Gasteiger partial charge in [0.05, 0.1) is 11.3 Å². The Kier molecular flexibility index (Phi) is 5.41. The van der Waals surface area contributed by atoms with Crippen molar-refractivity contribution in [3.63, 3.8) is 0 Å². The number of halogens is 2. The second kappa shape index (κ2) is 7.79. The summed E-state index contributed by atoms with van der Waals surface area (Å²) in [5.41, 5.74) is 2.35. The van der Waals surface area contributed by atoms with Gasteiger partial charge in [-0.05, 0) is 49.8 Å². The van der Waals surface area contributed by atoms with Gasteiger partial charge in [0.25, 0.3) is 5.92 Å². The van der Waals surface area contributed by atoms with Gasteiger partial charge in [0.1, 0.15) is 6.33 Å². The molecule has 0 amide bonds. The summed E-state index contributed by atoms with van der Waals surface area (Å²) >= 11 is 0. The molecule has 0 aliphatic rings. The van der Waals surface area contributed by atoms with E-state index in [1.165, 1.54) is 47.4 Å². The Bertz CT molecular complexity index is 1100.